The average molecular weight is 752 g/mol. The van der Waals surface area contributed by atoms with Gasteiger partial charge < -0.3 is 35.4 Å². The van der Waals surface area contributed by atoms with E-state index in [-0.39, 0.29) is 48.4 Å². The molecule has 0 unspecified atom stereocenters. The summed E-state index contributed by atoms with van der Waals surface area (Å²) >= 11 is 0. The molecule has 1 spiro atoms. The van der Waals surface area contributed by atoms with Crippen LogP contribution in [-0.4, -0.2) is 100 Å². The molecular formula is C40H50N5NaO8. The Labute approximate surface area is 338 Å². The number of carbonyl (C=O) groups excluding carboxylic acids is 4. The van der Waals surface area contributed by atoms with Gasteiger partial charge in [-0.2, -0.15) is 0 Å². The fourth-order valence-corrected chi connectivity index (χ4v) is 7.27. The summed E-state index contributed by atoms with van der Waals surface area (Å²) in [6.45, 7) is 5.84. The summed E-state index contributed by atoms with van der Waals surface area (Å²) in [5.41, 5.74) is 2.29. The van der Waals surface area contributed by atoms with Crippen LogP contribution in [0, 0.1) is 12.8 Å². The van der Waals surface area contributed by atoms with Crippen LogP contribution in [0.2, 0.25) is 0 Å². The summed E-state index contributed by atoms with van der Waals surface area (Å²) in [7, 11) is 2.94. The first kappa shape index (κ1) is 42.2. The number of aliphatic carboxylic acids is 1. The molecule has 284 valence electrons. The zero-order valence-corrected chi connectivity index (χ0v) is 30.9. The molecular weight excluding hydrogens is 701 g/mol. The zero-order valence-electron chi connectivity index (χ0n) is 30.9. The molecule has 1 aliphatic carbocycles. The third-order valence-corrected chi connectivity index (χ3v) is 10.0. The number of imide groups is 1. The van der Waals surface area contributed by atoms with Crippen molar-refractivity contribution in [1.29, 1.82) is 0 Å². The standard InChI is InChI=1S/C40H49N5O8.Na.H/c1-25(2)21-32(36(48)42-31(23-35(46)47)28-15-18-33(52-4)34(22-28)53-5)45-37(49)40(19-9-6-10-20-40)44(39(45)51)24-27-13-16-29(17-14-27)41-38(50)43-30-12-8-7-11-26(30)3;;/h7-8,11-18,22,25,31-32H,6,9-10,19-21,23-24H2,1-5H3,(H,42,48)(H,46,47)(H2,41,43,50);;/t31-,32-;;/m0../s1. The van der Waals surface area contributed by atoms with Crippen molar-refractivity contribution in [2.75, 3.05) is 24.9 Å². The summed E-state index contributed by atoms with van der Waals surface area (Å²) in [6.07, 6.45) is 3.12. The number of benzene rings is 3. The van der Waals surface area contributed by atoms with Crippen molar-refractivity contribution in [1.82, 2.24) is 15.1 Å². The van der Waals surface area contributed by atoms with Crippen LogP contribution < -0.4 is 25.4 Å². The first-order chi connectivity index (χ1) is 25.4. The molecule has 2 aliphatic rings. The SMILES string of the molecule is COc1ccc([C@H](CC(=O)O)NC(=O)[C@H](CC(C)C)N2C(=O)N(Cc3ccc(NC(=O)Nc4ccccc4C)cc3)C3(CCCCC3)C2=O)cc1OC.[NaH]. The number of rotatable bonds is 14. The number of carbonyl (C=O) groups is 5. The van der Waals surface area contributed by atoms with Crippen LogP contribution in [0.25, 0.3) is 0 Å². The van der Waals surface area contributed by atoms with E-state index >= 15 is 0 Å². The molecule has 4 N–H and O–H groups in total. The average Bonchev–Trinajstić information content (AvgIpc) is 3.32. The topological polar surface area (TPSA) is 167 Å². The number of methoxy groups -OCH3 is 2. The molecule has 2 atom stereocenters. The van der Waals surface area contributed by atoms with E-state index in [1.54, 1.807) is 47.4 Å². The van der Waals surface area contributed by atoms with Gasteiger partial charge in [-0.15, -0.1) is 0 Å². The minimum atomic E-state index is -1.17. The molecule has 1 saturated carbocycles. The van der Waals surface area contributed by atoms with Gasteiger partial charge in [-0.25, -0.2) is 14.5 Å². The minimum absolute atomic E-state index is 0. The predicted molar refractivity (Wildman–Crippen MR) is 207 cm³/mol. The van der Waals surface area contributed by atoms with Crippen LogP contribution in [0.4, 0.5) is 21.0 Å². The molecule has 54 heavy (non-hydrogen) atoms. The van der Waals surface area contributed by atoms with Crippen LogP contribution in [0.15, 0.2) is 66.7 Å². The van der Waals surface area contributed by atoms with E-state index in [9.17, 15) is 29.1 Å². The van der Waals surface area contributed by atoms with E-state index in [1.807, 2.05) is 45.0 Å². The number of hydrogen-bond acceptors (Lipinski definition) is 7. The van der Waals surface area contributed by atoms with Crippen molar-refractivity contribution in [2.45, 2.75) is 89.9 Å². The van der Waals surface area contributed by atoms with Gasteiger partial charge in [-0.3, -0.25) is 14.4 Å². The molecule has 1 saturated heterocycles. The van der Waals surface area contributed by atoms with E-state index in [0.29, 0.717) is 41.3 Å². The second-order valence-corrected chi connectivity index (χ2v) is 14.1. The number of urea groups is 2. The van der Waals surface area contributed by atoms with Crippen molar-refractivity contribution in [3.05, 3.63) is 83.4 Å². The number of amides is 6. The van der Waals surface area contributed by atoms with Crippen LogP contribution in [0.5, 0.6) is 11.5 Å². The Morgan fingerprint density at radius 3 is 2.17 bits per heavy atom. The number of nitrogens with zero attached hydrogens (tertiary/aromatic N) is 2. The number of nitrogens with one attached hydrogen (secondary N) is 3. The number of hydrogen-bond donors (Lipinski definition) is 4. The molecule has 2 fully saturated rings. The van der Waals surface area contributed by atoms with Crippen LogP contribution in [0.1, 0.15) is 81.5 Å². The number of carboxylic acids is 1. The van der Waals surface area contributed by atoms with Gasteiger partial charge in [-0.1, -0.05) is 69.5 Å². The molecule has 1 aliphatic heterocycles. The van der Waals surface area contributed by atoms with Crippen molar-refractivity contribution in [2.24, 2.45) is 5.92 Å². The van der Waals surface area contributed by atoms with Crippen molar-refractivity contribution < 1.29 is 38.6 Å². The Morgan fingerprint density at radius 1 is 0.889 bits per heavy atom. The molecule has 13 nitrogen and oxygen atoms in total. The normalized spacial score (nSPS) is 16.0. The van der Waals surface area contributed by atoms with E-state index in [0.717, 1.165) is 35.3 Å². The van der Waals surface area contributed by atoms with Gasteiger partial charge in [0, 0.05) is 17.9 Å². The summed E-state index contributed by atoms with van der Waals surface area (Å²) < 4.78 is 10.7. The molecule has 6 amide bonds. The Bertz CT molecular complexity index is 1830. The van der Waals surface area contributed by atoms with Gasteiger partial charge in [0.1, 0.15) is 11.6 Å². The molecule has 0 aromatic heterocycles. The van der Waals surface area contributed by atoms with E-state index in [4.69, 9.17) is 9.47 Å². The third kappa shape index (κ3) is 9.55. The van der Waals surface area contributed by atoms with Crippen LogP contribution in [-0.2, 0) is 20.9 Å². The Hall–Kier alpha value is -4.59. The second kappa shape index (κ2) is 18.6. The Morgan fingerprint density at radius 2 is 1.56 bits per heavy atom. The van der Waals surface area contributed by atoms with E-state index in [2.05, 4.69) is 16.0 Å². The Balaban J connectivity index is 0.00000650. The molecule has 14 heteroatoms. The summed E-state index contributed by atoms with van der Waals surface area (Å²) in [6, 6.07) is 16.3. The van der Waals surface area contributed by atoms with Crippen molar-refractivity contribution >= 4 is 70.8 Å². The summed E-state index contributed by atoms with van der Waals surface area (Å²) in [5.74, 6) is -1.44. The maximum atomic E-state index is 14.6. The van der Waals surface area contributed by atoms with Gasteiger partial charge in [0.2, 0.25) is 5.91 Å². The number of para-hydroxylation sites is 1. The first-order valence-electron chi connectivity index (χ1n) is 18.0. The van der Waals surface area contributed by atoms with Gasteiger partial charge in [-0.05, 0) is 79.1 Å². The predicted octanol–water partition coefficient (Wildman–Crippen LogP) is 6.22. The van der Waals surface area contributed by atoms with Gasteiger partial charge >= 0.3 is 47.6 Å². The molecule has 3 aromatic carbocycles. The van der Waals surface area contributed by atoms with Gasteiger partial charge in [0.15, 0.2) is 11.5 Å². The van der Waals surface area contributed by atoms with Gasteiger partial charge in [0.25, 0.3) is 5.91 Å². The van der Waals surface area contributed by atoms with E-state index < -0.39 is 53.9 Å². The fourth-order valence-electron chi connectivity index (χ4n) is 7.27. The monoisotopic (exact) mass is 751 g/mol. The van der Waals surface area contributed by atoms with Crippen LogP contribution >= 0.6 is 0 Å². The van der Waals surface area contributed by atoms with E-state index in [1.165, 1.54) is 14.2 Å². The fraction of sp³-hybridized carbons (Fsp3) is 0.425. The third-order valence-electron chi connectivity index (χ3n) is 10.0. The molecule has 5 rings (SSSR count). The number of carboxylic acid groups (broad SMARTS) is 1. The number of ether oxygens (including phenoxy) is 2. The van der Waals surface area contributed by atoms with Gasteiger partial charge in [0.05, 0.1) is 26.7 Å². The van der Waals surface area contributed by atoms with Crippen molar-refractivity contribution in [3.63, 3.8) is 0 Å². The molecule has 3 aromatic rings. The summed E-state index contributed by atoms with van der Waals surface area (Å²) in [4.78, 5) is 70.6. The number of anilines is 2. The number of aryl methyl sites for hydroxylation is 1. The molecule has 0 bridgehead atoms. The second-order valence-electron chi connectivity index (χ2n) is 14.1. The molecule has 1 heterocycles. The maximum absolute atomic E-state index is 14.6. The summed E-state index contributed by atoms with van der Waals surface area (Å²) in [5, 5.41) is 18.3. The Kier molecular flexibility index (Phi) is 14.5. The molecule has 0 radical (unpaired) electrons. The quantitative estimate of drug-likeness (QED) is 0.111. The van der Waals surface area contributed by atoms with Crippen molar-refractivity contribution in [3.8, 4) is 11.5 Å². The first-order valence-corrected chi connectivity index (χ1v) is 18.0. The zero-order chi connectivity index (χ0) is 38.3. The van der Waals surface area contributed by atoms with Crippen LogP contribution in [0.3, 0.4) is 0 Å².